The van der Waals surface area contributed by atoms with E-state index in [0.29, 0.717) is 5.06 Å². The van der Waals surface area contributed by atoms with Crippen LogP contribution in [0.2, 0.25) is 0 Å². The van der Waals surface area contributed by atoms with E-state index in [2.05, 4.69) is 25.1 Å². The summed E-state index contributed by atoms with van der Waals surface area (Å²) in [6.45, 7) is -0.812. The van der Waals surface area contributed by atoms with Gasteiger partial charge in [0.25, 0.3) is 5.91 Å². The molecule has 1 aromatic rings. The maximum Gasteiger partial charge on any atom is 0.418 e. The van der Waals surface area contributed by atoms with Crippen LogP contribution in [0.25, 0.3) is 0 Å². The largest absolute Gasteiger partial charge is 0.418 e. The van der Waals surface area contributed by atoms with Gasteiger partial charge in [-0.2, -0.15) is 13.5 Å². The highest BCUT2D eigenvalue weighted by atomic mass is 32.3. The van der Waals surface area contributed by atoms with Crippen LogP contribution in [0.5, 0.6) is 0 Å². The van der Waals surface area contributed by atoms with Gasteiger partial charge in [0.15, 0.2) is 5.78 Å². The van der Waals surface area contributed by atoms with Crippen LogP contribution in [0.4, 0.5) is 4.79 Å². The number of hydrogen-bond acceptors (Lipinski definition) is 10. The molecule has 16 nitrogen and oxygen atoms in total. The SMILES string of the molecule is NC(=O)c1nnnn1CC(=O)CNC(=O)[C@@H]1CC[C@@H]2CN1C(=O)N2OS(=O)(=O)O. The molecule has 4 amide bonds. The van der Waals surface area contributed by atoms with Crippen LogP contribution in [0.1, 0.15) is 23.5 Å². The van der Waals surface area contributed by atoms with Gasteiger partial charge in [-0.1, -0.05) is 0 Å². The van der Waals surface area contributed by atoms with Gasteiger partial charge in [0, 0.05) is 6.54 Å². The topological polar surface area (TPSA) is 220 Å². The first kappa shape index (κ1) is 20.6. The molecular weight excluding hydrogens is 416 g/mol. The van der Waals surface area contributed by atoms with Crippen LogP contribution in [0, 0.1) is 0 Å². The number of rotatable bonds is 8. The number of nitrogens with one attached hydrogen (secondary N) is 1. The Hall–Kier alpha value is -3.18. The summed E-state index contributed by atoms with van der Waals surface area (Å²) in [6.07, 6.45) is 0.441. The van der Waals surface area contributed by atoms with Gasteiger partial charge in [-0.15, -0.1) is 9.38 Å². The number of fused-ring (bicyclic) bond motifs is 2. The van der Waals surface area contributed by atoms with Gasteiger partial charge >= 0.3 is 16.4 Å². The number of tetrazole rings is 1. The van der Waals surface area contributed by atoms with Crippen LogP contribution in [0.3, 0.4) is 0 Å². The third-order valence-electron chi connectivity index (χ3n) is 4.34. The molecule has 2 aliphatic heterocycles. The molecule has 0 radical (unpaired) electrons. The monoisotopic (exact) mass is 432 g/mol. The van der Waals surface area contributed by atoms with Gasteiger partial charge in [-0.05, 0) is 23.3 Å². The highest BCUT2D eigenvalue weighted by Crippen LogP contribution is 2.30. The van der Waals surface area contributed by atoms with Crippen LogP contribution in [-0.4, -0.2) is 91.9 Å². The van der Waals surface area contributed by atoms with Gasteiger partial charge in [0.1, 0.15) is 12.6 Å². The smallest absolute Gasteiger partial charge is 0.363 e. The standard InChI is InChI=1S/C12H16N8O8S/c13-9(22)10-15-16-17-19(10)5-7(21)3-14-11(23)8-2-1-6-4-18(8)12(24)20(6)28-29(25,26)27/h6,8H,1-5H2,(H2,13,22)(H,14,23)(H,25,26,27)/t6-,8+/m1/s1. The number of piperidine rings is 1. The number of nitrogens with zero attached hydrogens (tertiary/aromatic N) is 6. The fourth-order valence-electron chi connectivity index (χ4n) is 3.12. The molecule has 0 aliphatic carbocycles. The average Bonchev–Trinajstić information content (AvgIpc) is 3.18. The second kappa shape index (κ2) is 7.68. The Kier molecular flexibility index (Phi) is 5.44. The second-order valence-electron chi connectivity index (χ2n) is 6.29. The molecule has 0 spiro atoms. The Morgan fingerprint density at radius 2 is 2.03 bits per heavy atom. The number of Topliss-reactive ketones (excluding diaryl/α,β-unsaturated/α-hetero) is 1. The minimum absolute atomic E-state index is 0.0208. The molecule has 0 saturated carbocycles. The fraction of sp³-hybridized carbons (Fsp3) is 0.583. The molecule has 3 rings (SSSR count). The summed E-state index contributed by atoms with van der Waals surface area (Å²) in [5.74, 6) is -2.41. The molecule has 29 heavy (non-hydrogen) atoms. The lowest BCUT2D eigenvalue weighted by atomic mass is 10.0. The lowest BCUT2D eigenvalue weighted by Crippen LogP contribution is -2.50. The molecule has 0 aromatic carbocycles. The highest BCUT2D eigenvalue weighted by molar-refractivity contribution is 7.80. The Bertz CT molecular complexity index is 961. The Balaban J connectivity index is 1.56. The first-order valence-corrected chi connectivity index (χ1v) is 9.55. The van der Waals surface area contributed by atoms with E-state index < -0.39 is 59.2 Å². The van der Waals surface area contributed by atoms with Crippen molar-refractivity contribution in [2.75, 3.05) is 13.1 Å². The van der Waals surface area contributed by atoms with Gasteiger partial charge in [0.05, 0.1) is 12.6 Å². The van der Waals surface area contributed by atoms with Crippen molar-refractivity contribution in [3.8, 4) is 0 Å². The van der Waals surface area contributed by atoms with Crippen LogP contribution < -0.4 is 11.1 Å². The van der Waals surface area contributed by atoms with E-state index >= 15 is 0 Å². The zero-order valence-corrected chi connectivity index (χ0v) is 15.5. The molecular formula is C12H16N8O8S. The lowest BCUT2D eigenvalue weighted by molar-refractivity contribution is -0.129. The number of hydroxylamine groups is 2. The van der Waals surface area contributed by atoms with E-state index in [1.807, 2.05) is 0 Å². The number of amides is 4. The summed E-state index contributed by atoms with van der Waals surface area (Å²) in [7, 11) is -4.89. The number of urea groups is 1. The van der Waals surface area contributed by atoms with Crippen molar-refractivity contribution >= 4 is 34.0 Å². The van der Waals surface area contributed by atoms with Crippen molar-refractivity contribution in [3.63, 3.8) is 0 Å². The highest BCUT2D eigenvalue weighted by Gasteiger charge is 2.49. The number of carbonyl (C=O) groups excluding carboxylic acids is 4. The molecule has 2 atom stereocenters. The Morgan fingerprint density at radius 3 is 2.69 bits per heavy atom. The summed E-state index contributed by atoms with van der Waals surface area (Å²) in [6, 6.07) is -2.48. The van der Waals surface area contributed by atoms with E-state index in [4.69, 9.17) is 10.3 Å². The van der Waals surface area contributed by atoms with E-state index in [1.165, 1.54) is 0 Å². The maximum atomic E-state index is 12.4. The summed E-state index contributed by atoms with van der Waals surface area (Å²) >= 11 is 0. The fourth-order valence-corrected chi connectivity index (χ4v) is 3.51. The molecule has 158 valence electrons. The van der Waals surface area contributed by atoms with Crippen molar-refractivity contribution in [2.24, 2.45) is 5.73 Å². The van der Waals surface area contributed by atoms with Gasteiger partial charge in [-0.25, -0.2) is 9.48 Å². The Labute approximate surface area is 162 Å². The average molecular weight is 432 g/mol. The zero-order chi connectivity index (χ0) is 21.3. The second-order valence-corrected chi connectivity index (χ2v) is 7.30. The molecule has 17 heteroatoms. The minimum atomic E-state index is -4.89. The van der Waals surface area contributed by atoms with Gasteiger partial charge < -0.3 is 16.0 Å². The van der Waals surface area contributed by atoms with Crippen molar-refractivity contribution < 1.29 is 36.4 Å². The number of carbonyl (C=O) groups is 4. The third-order valence-corrected chi connectivity index (χ3v) is 4.69. The van der Waals surface area contributed by atoms with Crippen molar-refractivity contribution in [2.45, 2.75) is 31.5 Å². The number of hydrogen-bond donors (Lipinski definition) is 3. The number of aromatic nitrogens is 4. The molecule has 2 aliphatic rings. The van der Waals surface area contributed by atoms with E-state index in [0.717, 1.165) is 9.58 Å². The first-order chi connectivity index (χ1) is 13.6. The molecule has 2 fully saturated rings. The lowest BCUT2D eigenvalue weighted by Gasteiger charge is -2.29. The number of nitrogens with two attached hydrogens (primary N) is 1. The summed E-state index contributed by atoms with van der Waals surface area (Å²) < 4.78 is 35.7. The summed E-state index contributed by atoms with van der Waals surface area (Å²) in [4.78, 5) is 48.9. The van der Waals surface area contributed by atoms with Crippen molar-refractivity contribution in [1.82, 2.24) is 35.5 Å². The summed E-state index contributed by atoms with van der Waals surface area (Å²) in [5.41, 5.74) is 5.06. The molecule has 0 unspecified atom stereocenters. The van der Waals surface area contributed by atoms with Crippen molar-refractivity contribution in [3.05, 3.63) is 5.82 Å². The van der Waals surface area contributed by atoms with Gasteiger partial charge in [0.2, 0.25) is 11.7 Å². The number of primary amides is 1. The zero-order valence-electron chi connectivity index (χ0n) is 14.7. The van der Waals surface area contributed by atoms with Crippen LogP contribution >= 0.6 is 0 Å². The van der Waals surface area contributed by atoms with Crippen molar-refractivity contribution in [1.29, 1.82) is 0 Å². The molecule has 2 saturated heterocycles. The van der Waals surface area contributed by atoms with Gasteiger partial charge in [-0.3, -0.25) is 18.9 Å². The number of ketones is 1. The maximum absolute atomic E-state index is 12.4. The minimum Gasteiger partial charge on any atom is -0.363 e. The van der Waals surface area contributed by atoms with E-state index in [1.54, 1.807) is 0 Å². The molecule has 1 aromatic heterocycles. The molecule has 2 bridgehead atoms. The third kappa shape index (κ3) is 4.46. The van der Waals surface area contributed by atoms with E-state index in [9.17, 15) is 27.6 Å². The summed E-state index contributed by atoms with van der Waals surface area (Å²) in [5, 5.41) is 12.9. The first-order valence-electron chi connectivity index (χ1n) is 8.19. The quantitative estimate of drug-likeness (QED) is 0.341. The normalized spacial score (nSPS) is 21.3. The molecule has 3 heterocycles. The van der Waals surface area contributed by atoms with Crippen LogP contribution in [0.15, 0.2) is 0 Å². The predicted octanol–water partition coefficient (Wildman–Crippen LogP) is -3.54. The van der Waals surface area contributed by atoms with E-state index in [-0.39, 0.29) is 25.2 Å². The Morgan fingerprint density at radius 1 is 1.31 bits per heavy atom. The molecule has 4 N–H and O–H groups in total. The predicted molar refractivity (Wildman–Crippen MR) is 87.7 cm³/mol. The van der Waals surface area contributed by atoms with Crippen LogP contribution in [-0.2, 0) is 30.8 Å².